The van der Waals surface area contributed by atoms with E-state index in [4.69, 9.17) is 8.83 Å². The molecule has 0 aliphatic carbocycles. The van der Waals surface area contributed by atoms with E-state index in [9.17, 15) is 9.59 Å². The summed E-state index contributed by atoms with van der Waals surface area (Å²) in [7, 11) is 3.99. The molecule has 4 rings (SSSR count). The van der Waals surface area contributed by atoms with Crippen LogP contribution in [0.25, 0.3) is 33.1 Å². The summed E-state index contributed by atoms with van der Waals surface area (Å²) in [6.45, 7) is 5.23. The smallest absolute Gasteiger partial charge is 0.340 e. The van der Waals surface area contributed by atoms with Crippen LogP contribution in [0.15, 0.2) is 56.3 Å². The average Bonchev–Trinajstić information content (AvgIpc) is 3.20. The van der Waals surface area contributed by atoms with Gasteiger partial charge in [-0.3, -0.25) is 4.79 Å². The molecule has 1 amide bonds. The van der Waals surface area contributed by atoms with Gasteiger partial charge in [-0.15, -0.1) is 0 Å². The Labute approximate surface area is 186 Å². The van der Waals surface area contributed by atoms with E-state index in [0.717, 1.165) is 46.0 Å². The standard InChI is InChI=1S/C26H28N2O4/c1-16-19-13-21-22(18-9-6-5-7-10-18)15-31-24(21)17(2)25(19)32-26(30)20(16)14-23(29)27-11-8-12-28(3)4/h5-7,9-10,13,15H,8,11-12,14H2,1-4H3,(H,27,29). The Morgan fingerprint density at radius 2 is 1.78 bits per heavy atom. The summed E-state index contributed by atoms with van der Waals surface area (Å²) >= 11 is 0. The predicted molar refractivity (Wildman–Crippen MR) is 127 cm³/mol. The highest BCUT2D eigenvalue weighted by Crippen LogP contribution is 2.37. The number of aryl methyl sites for hydroxylation is 2. The highest BCUT2D eigenvalue weighted by atomic mass is 16.4. The van der Waals surface area contributed by atoms with Gasteiger partial charge >= 0.3 is 5.63 Å². The molecule has 2 aromatic heterocycles. The van der Waals surface area contributed by atoms with Crippen molar-refractivity contribution >= 4 is 27.8 Å². The van der Waals surface area contributed by atoms with E-state index < -0.39 is 5.63 Å². The third-order valence-electron chi connectivity index (χ3n) is 5.87. The van der Waals surface area contributed by atoms with Crippen LogP contribution in [0.5, 0.6) is 0 Å². The van der Waals surface area contributed by atoms with Gasteiger partial charge in [0.1, 0.15) is 11.2 Å². The maximum atomic E-state index is 12.7. The largest absolute Gasteiger partial charge is 0.463 e. The van der Waals surface area contributed by atoms with Crippen LogP contribution < -0.4 is 10.9 Å². The van der Waals surface area contributed by atoms with Crippen molar-refractivity contribution in [2.24, 2.45) is 0 Å². The first kappa shape index (κ1) is 21.8. The van der Waals surface area contributed by atoms with E-state index in [1.807, 2.05) is 64.3 Å². The Bertz CT molecular complexity index is 1330. The van der Waals surface area contributed by atoms with E-state index in [-0.39, 0.29) is 12.3 Å². The number of benzene rings is 2. The van der Waals surface area contributed by atoms with E-state index in [2.05, 4.69) is 10.2 Å². The first-order valence-corrected chi connectivity index (χ1v) is 10.8. The SMILES string of the molecule is Cc1c(CC(=O)NCCCN(C)C)c(=O)oc2c(C)c3occ(-c4ccccc4)c3cc12. The van der Waals surface area contributed by atoms with Gasteiger partial charge in [-0.05, 0) is 58.1 Å². The van der Waals surface area contributed by atoms with Crippen LogP contribution in [0.3, 0.4) is 0 Å². The number of amides is 1. The lowest BCUT2D eigenvalue weighted by Crippen LogP contribution is -2.30. The monoisotopic (exact) mass is 432 g/mol. The Morgan fingerprint density at radius 1 is 1.03 bits per heavy atom. The number of carbonyl (C=O) groups excluding carboxylic acids is 1. The Hall–Kier alpha value is -3.38. The maximum Gasteiger partial charge on any atom is 0.340 e. The normalized spacial score (nSPS) is 11.5. The fourth-order valence-electron chi connectivity index (χ4n) is 4.09. The van der Waals surface area contributed by atoms with Crippen LogP contribution in [-0.4, -0.2) is 38.0 Å². The summed E-state index contributed by atoms with van der Waals surface area (Å²) in [4.78, 5) is 27.3. The zero-order valence-corrected chi connectivity index (χ0v) is 19.0. The van der Waals surface area contributed by atoms with Gasteiger partial charge in [0, 0.05) is 28.4 Å². The van der Waals surface area contributed by atoms with Gasteiger partial charge in [-0.2, -0.15) is 0 Å². The molecular weight excluding hydrogens is 404 g/mol. The topological polar surface area (TPSA) is 75.7 Å². The average molecular weight is 433 g/mol. The van der Waals surface area contributed by atoms with E-state index in [1.165, 1.54) is 0 Å². The Morgan fingerprint density at radius 3 is 2.50 bits per heavy atom. The molecule has 0 atom stereocenters. The van der Waals surface area contributed by atoms with Crippen molar-refractivity contribution in [3.8, 4) is 11.1 Å². The second-order valence-electron chi connectivity index (χ2n) is 8.45. The molecule has 2 heterocycles. The van der Waals surface area contributed by atoms with Crippen molar-refractivity contribution in [2.75, 3.05) is 27.2 Å². The van der Waals surface area contributed by atoms with Crippen molar-refractivity contribution in [3.63, 3.8) is 0 Å². The molecule has 32 heavy (non-hydrogen) atoms. The number of nitrogens with zero attached hydrogens (tertiary/aromatic N) is 1. The second-order valence-corrected chi connectivity index (χ2v) is 8.45. The highest BCUT2D eigenvalue weighted by Gasteiger charge is 2.20. The molecule has 0 spiro atoms. The number of furan rings is 1. The molecule has 4 aromatic rings. The first-order valence-electron chi connectivity index (χ1n) is 10.8. The number of hydrogen-bond acceptors (Lipinski definition) is 5. The molecule has 0 bridgehead atoms. The molecule has 6 heteroatoms. The lowest BCUT2D eigenvalue weighted by molar-refractivity contribution is -0.120. The fraction of sp³-hybridized carbons (Fsp3) is 0.308. The molecule has 6 nitrogen and oxygen atoms in total. The third-order valence-corrected chi connectivity index (χ3v) is 5.87. The summed E-state index contributed by atoms with van der Waals surface area (Å²) in [5.41, 5.74) is 4.70. The molecule has 0 unspecified atom stereocenters. The molecule has 166 valence electrons. The molecule has 0 fully saturated rings. The summed E-state index contributed by atoms with van der Waals surface area (Å²) < 4.78 is 11.5. The van der Waals surface area contributed by atoms with Gasteiger partial charge in [0.15, 0.2) is 0 Å². The number of carbonyl (C=O) groups is 1. The van der Waals surface area contributed by atoms with Crippen molar-refractivity contribution in [1.82, 2.24) is 10.2 Å². The number of rotatable bonds is 7. The third kappa shape index (κ3) is 4.18. The van der Waals surface area contributed by atoms with Crippen molar-refractivity contribution in [1.29, 1.82) is 0 Å². The summed E-state index contributed by atoms with van der Waals surface area (Å²) in [6, 6.07) is 12.0. The van der Waals surface area contributed by atoms with E-state index >= 15 is 0 Å². The summed E-state index contributed by atoms with van der Waals surface area (Å²) in [5, 5.41) is 4.67. The fourth-order valence-corrected chi connectivity index (χ4v) is 4.09. The van der Waals surface area contributed by atoms with Gasteiger partial charge in [-0.25, -0.2) is 4.79 Å². The number of nitrogens with one attached hydrogen (secondary N) is 1. The van der Waals surface area contributed by atoms with Crippen molar-refractivity contribution in [3.05, 3.63) is 69.8 Å². The van der Waals surface area contributed by atoms with Crippen LogP contribution in [0.4, 0.5) is 0 Å². The van der Waals surface area contributed by atoms with Gasteiger partial charge < -0.3 is 19.1 Å². The number of hydrogen-bond donors (Lipinski definition) is 1. The minimum atomic E-state index is -0.476. The van der Waals surface area contributed by atoms with E-state index in [0.29, 0.717) is 23.3 Å². The van der Waals surface area contributed by atoms with E-state index in [1.54, 1.807) is 6.26 Å². The molecule has 2 aromatic carbocycles. The number of fused-ring (bicyclic) bond motifs is 2. The van der Waals surface area contributed by atoms with Gasteiger partial charge in [-0.1, -0.05) is 30.3 Å². The van der Waals surface area contributed by atoms with Crippen LogP contribution >= 0.6 is 0 Å². The molecule has 0 saturated carbocycles. The zero-order valence-electron chi connectivity index (χ0n) is 19.0. The van der Waals surface area contributed by atoms with Crippen LogP contribution in [0, 0.1) is 13.8 Å². The lowest BCUT2D eigenvalue weighted by atomic mass is 9.97. The lowest BCUT2D eigenvalue weighted by Gasteiger charge is -2.12. The van der Waals surface area contributed by atoms with Crippen molar-refractivity contribution < 1.29 is 13.6 Å². The molecule has 0 aliphatic heterocycles. The molecule has 1 N–H and O–H groups in total. The van der Waals surface area contributed by atoms with Crippen LogP contribution in [0.1, 0.15) is 23.1 Å². The highest BCUT2D eigenvalue weighted by molar-refractivity contribution is 6.05. The van der Waals surface area contributed by atoms with Gasteiger partial charge in [0.05, 0.1) is 18.2 Å². The van der Waals surface area contributed by atoms with Gasteiger partial charge in [0.25, 0.3) is 0 Å². The zero-order chi connectivity index (χ0) is 22.8. The quantitative estimate of drug-likeness (QED) is 0.345. The molecule has 0 radical (unpaired) electrons. The minimum Gasteiger partial charge on any atom is -0.463 e. The Kier molecular flexibility index (Phi) is 6.15. The summed E-state index contributed by atoms with van der Waals surface area (Å²) in [5.74, 6) is -0.176. The van der Waals surface area contributed by atoms with Gasteiger partial charge in [0.2, 0.25) is 5.91 Å². The minimum absolute atomic E-state index is 0.0000844. The Balaban J connectivity index is 1.72. The van der Waals surface area contributed by atoms with Crippen molar-refractivity contribution in [2.45, 2.75) is 26.7 Å². The van der Waals surface area contributed by atoms with Crippen LogP contribution in [0.2, 0.25) is 0 Å². The second kappa shape index (κ2) is 9.01. The molecular formula is C26H28N2O4. The first-order chi connectivity index (χ1) is 15.4. The summed E-state index contributed by atoms with van der Waals surface area (Å²) in [6.07, 6.45) is 2.59. The molecule has 0 saturated heterocycles. The predicted octanol–water partition coefficient (Wildman–Crippen LogP) is 4.43. The maximum absolute atomic E-state index is 12.7. The van der Waals surface area contributed by atoms with Crippen LogP contribution in [-0.2, 0) is 11.2 Å². The molecule has 0 aliphatic rings.